The molecule has 0 bridgehead atoms. The van der Waals surface area contributed by atoms with Crippen molar-refractivity contribution in [1.29, 1.82) is 0 Å². The summed E-state index contributed by atoms with van der Waals surface area (Å²) in [5, 5.41) is 0.359. The van der Waals surface area contributed by atoms with Crippen LogP contribution in [-0.4, -0.2) is 168 Å². The molecule has 0 N–H and O–H groups in total. The molecule has 1 atom stereocenters. The summed E-state index contributed by atoms with van der Waals surface area (Å²) in [6.45, 7) is 49.0. The van der Waals surface area contributed by atoms with Crippen LogP contribution in [0.25, 0.3) is 0 Å². The summed E-state index contributed by atoms with van der Waals surface area (Å²) in [7, 11) is 6.33. The molecule has 0 heterocycles. The average molecular weight is 894 g/mol. The Bertz CT molecular complexity index is 1110. The second-order valence-corrected chi connectivity index (χ2v) is 19.9. The Morgan fingerprint density at radius 2 is 0.638 bits per heavy atom. The fourth-order valence-corrected chi connectivity index (χ4v) is 9.71. The summed E-state index contributed by atoms with van der Waals surface area (Å²) in [5.74, 6) is 3.61. The summed E-state index contributed by atoms with van der Waals surface area (Å²) in [4.78, 5) is 44.1. The van der Waals surface area contributed by atoms with Crippen molar-refractivity contribution in [2.45, 2.75) is 94.4 Å². The highest BCUT2D eigenvalue weighted by Gasteiger charge is 2.24. The number of unbranched alkanes of at least 4 members (excludes halogenated alkanes) is 1. The maximum absolute atomic E-state index is 11.2. The Morgan fingerprint density at radius 3 is 0.862 bits per heavy atom. The van der Waals surface area contributed by atoms with Crippen molar-refractivity contribution >= 4 is 67.5 Å². The van der Waals surface area contributed by atoms with Gasteiger partial charge in [-0.1, -0.05) is 107 Å². The first-order valence-corrected chi connectivity index (χ1v) is 25.8. The normalized spacial score (nSPS) is 12.2. The highest BCUT2D eigenvalue weighted by atomic mass is 32.2. The molecule has 340 valence electrons. The van der Waals surface area contributed by atoms with E-state index in [9.17, 15) is 19.2 Å². The lowest BCUT2D eigenvalue weighted by atomic mass is 10.2. The van der Waals surface area contributed by atoms with Gasteiger partial charge in [-0.15, -0.1) is 0 Å². The standard InChI is InChI=1S/C14H28NOS.C13H26NOS.C11H22NOS.C8H16NOS/c1-5-9-11-15(8-4,10-6-2)12-13-17-14(16)7-3;1-5-9-14(8-4,10-6-2)11-12-16-13(15)7-3;1-5-11(13)14-10-9-12(6-2,7-3)8-4;1-5-8(10)11-7-6-9(2,3)4/h7H,3,5-6,8-13H2,1-2,4H3;7H,3,5-6,8-12H2,1-2,4H3;5H,1,6-10H2,2-4H3;5H,1,6-7H2,2-4H3/q4*+1. The summed E-state index contributed by atoms with van der Waals surface area (Å²) in [6.07, 6.45) is 11.8. The summed E-state index contributed by atoms with van der Waals surface area (Å²) >= 11 is 5.51. The van der Waals surface area contributed by atoms with Crippen molar-refractivity contribution in [1.82, 2.24) is 0 Å². The third-order valence-electron chi connectivity index (χ3n) is 10.5. The van der Waals surface area contributed by atoms with Crippen LogP contribution >= 0.6 is 47.0 Å². The first kappa shape index (κ1) is 63.5. The molecule has 0 aromatic rings. The molecule has 0 saturated heterocycles. The van der Waals surface area contributed by atoms with Gasteiger partial charge in [0.1, 0.15) is 0 Å². The first-order valence-electron chi connectivity index (χ1n) is 21.9. The minimum absolute atomic E-state index is 0.0680. The first-order chi connectivity index (χ1) is 27.4. The van der Waals surface area contributed by atoms with Crippen molar-refractivity contribution in [3.8, 4) is 0 Å². The molecule has 58 heavy (non-hydrogen) atoms. The number of nitrogens with zero attached hydrogens (tertiary/aromatic N) is 4. The minimum atomic E-state index is 0.0680. The van der Waals surface area contributed by atoms with E-state index in [1.807, 2.05) is 0 Å². The van der Waals surface area contributed by atoms with Gasteiger partial charge in [-0.25, -0.2) is 0 Å². The van der Waals surface area contributed by atoms with Crippen molar-refractivity contribution in [2.75, 3.05) is 129 Å². The zero-order valence-corrected chi connectivity index (χ0v) is 43.0. The van der Waals surface area contributed by atoms with Crippen molar-refractivity contribution in [3.63, 3.8) is 0 Å². The fraction of sp³-hybridized carbons (Fsp3) is 0.739. The number of hydrogen-bond donors (Lipinski definition) is 0. The number of carbonyl (C=O) groups is 4. The lowest BCUT2D eigenvalue weighted by molar-refractivity contribution is -0.924. The molecule has 12 heteroatoms. The molecule has 0 amide bonds. The molecule has 0 fully saturated rings. The second kappa shape index (κ2) is 40.0. The number of thioether (sulfide) groups is 4. The van der Waals surface area contributed by atoms with Crippen LogP contribution in [0.3, 0.4) is 0 Å². The molecule has 0 spiro atoms. The topological polar surface area (TPSA) is 68.3 Å². The van der Waals surface area contributed by atoms with Gasteiger partial charge in [0.25, 0.3) is 0 Å². The minimum Gasteiger partial charge on any atom is -0.330 e. The van der Waals surface area contributed by atoms with Gasteiger partial charge in [0.15, 0.2) is 0 Å². The van der Waals surface area contributed by atoms with Crippen LogP contribution in [0.5, 0.6) is 0 Å². The molecule has 8 nitrogen and oxygen atoms in total. The average Bonchev–Trinajstić information content (AvgIpc) is 3.21. The SMILES string of the molecule is C=CC(=O)SCC[N+](C)(C)C.C=CC(=O)SCC[N+](CC)(CC)CC.C=CC(=O)SCC[N+](CC)(CCC)CCC.C=CC(=O)SCC[N+](CC)(CCC)CCCC. The predicted molar refractivity (Wildman–Crippen MR) is 267 cm³/mol. The largest absolute Gasteiger partial charge is 0.330 e. The van der Waals surface area contributed by atoms with Crippen LogP contribution in [-0.2, 0) is 19.2 Å². The van der Waals surface area contributed by atoms with Crippen LogP contribution in [0.1, 0.15) is 94.4 Å². The quantitative estimate of drug-likeness (QED) is 0.0522. The Hall–Kier alpha value is -1.12. The third kappa shape index (κ3) is 35.6. The molecule has 0 aromatic carbocycles. The maximum atomic E-state index is 11.2. The van der Waals surface area contributed by atoms with Gasteiger partial charge < -0.3 is 17.9 Å². The van der Waals surface area contributed by atoms with Gasteiger partial charge in [0.2, 0.25) is 20.5 Å². The van der Waals surface area contributed by atoms with Gasteiger partial charge >= 0.3 is 0 Å². The molecule has 0 aromatic heterocycles. The van der Waals surface area contributed by atoms with Crippen LogP contribution < -0.4 is 0 Å². The number of hydrogen-bond acceptors (Lipinski definition) is 8. The summed E-state index contributed by atoms with van der Waals surface area (Å²) in [5.41, 5.74) is 0. The molecule has 0 aliphatic rings. The molecule has 0 radical (unpaired) electrons. The van der Waals surface area contributed by atoms with E-state index in [-0.39, 0.29) is 20.5 Å². The zero-order valence-electron chi connectivity index (χ0n) is 39.7. The third-order valence-corrected chi connectivity index (χ3v) is 13.9. The summed E-state index contributed by atoms with van der Waals surface area (Å²) < 4.78 is 4.33. The molecule has 1 unspecified atom stereocenters. The van der Waals surface area contributed by atoms with E-state index < -0.39 is 0 Å². The van der Waals surface area contributed by atoms with Gasteiger partial charge in [-0.2, -0.15) is 0 Å². The van der Waals surface area contributed by atoms with Crippen molar-refractivity contribution < 1.29 is 37.1 Å². The molecular weight excluding hydrogens is 801 g/mol. The van der Waals surface area contributed by atoms with E-state index in [1.165, 1.54) is 147 Å². The predicted octanol–water partition coefficient (Wildman–Crippen LogP) is 10.0. The molecule has 0 saturated carbocycles. The zero-order chi connectivity index (χ0) is 45.5. The van der Waals surface area contributed by atoms with Crippen LogP contribution in [0.15, 0.2) is 50.6 Å². The Labute approximate surface area is 376 Å². The molecular formula is C46H92N4O4S4+4. The van der Waals surface area contributed by atoms with E-state index in [1.54, 1.807) is 0 Å². The second-order valence-electron chi connectivity index (χ2n) is 15.5. The van der Waals surface area contributed by atoms with E-state index in [4.69, 9.17) is 0 Å². The van der Waals surface area contributed by atoms with E-state index >= 15 is 0 Å². The van der Waals surface area contributed by atoms with Crippen LogP contribution in [0.2, 0.25) is 0 Å². The van der Waals surface area contributed by atoms with Crippen molar-refractivity contribution in [2.24, 2.45) is 0 Å². The van der Waals surface area contributed by atoms with Gasteiger partial charge in [0.05, 0.1) is 129 Å². The van der Waals surface area contributed by atoms with Gasteiger partial charge in [-0.05, 0) is 84.6 Å². The van der Waals surface area contributed by atoms with Crippen LogP contribution in [0, 0.1) is 0 Å². The molecule has 0 rings (SSSR count). The van der Waals surface area contributed by atoms with Crippen molar-refractivity contribution in [3.05, 3.63) is 50.6 Å². The monoisotopic (exact) mass is 893 g/mol. The van der Waals surface area contributed by atoms with Crippen LogP contribution in [0.4, 0.5) is 0 Å². The number of carbonyl (C=O) groups excluding carboxylic acids is 4. The highest BCUT2D eigenvalue weighted by Crippen LogP contribution is 2.16. The van der Waals surface area contributed by atoms with E-state index in [0.717, 1.165) is 82.3 Å². The smallest absolute Gasteiger partial charge is 0.211 e. The summed E-state index contributed by atoms with van der Waals surface area (Å²) in [6, 6.07) is 0. The van der Waals surface area contributed by atoms with E-state index in [0.29, 0.717) is 0 Å². The Morgan fingerprint density at radius 1 is 0.379 bits per heavy atom. The molecule has 0 aliphatic heterocycles. The maximum Gasteiger partial charge on any atom is 0.211 e. The van der Waals surface area contributed by atoms with Gasteiger partial charge in [-0.3, -0.25) is 19.2 Å². The highest BCUT2D eigenvalue weighted by molar-refractivity contribution is 8.14. The van der Waals surface area contributed by atoms with E-state index in [2.05, 4.69) is 110 Å². The number of rotatable bonds is 30. The molecule has 0 aliphatic carbocycles. The lowest BCUT2D eigenvalue weighted by Gasteiger charge is -2.37. The Balaban J connectivity index is -0.000000339. The van der Waals surface area contributed by atoms with Gasteiger partial charge in [0, 0.05) is 0 Å². The lowest BCUT2D eigenvalue weighted by Crippen LogP contribution is -2.50. The number of quaternary nitrogens is 4. The Kier molecular flexibility index (Phi) is 43.8. The fourth-order valence-electron chi connectivity index (χ4n) is 6.36.